The minimum Gasteiger partial charge on any atom is -0.357 e. The van der Waals surface area contributed by atoms with Crippen LogP contribution >= 0.6 is 0 Å². The molecule has 6 nitrogen and oxygen atoms in total. The van der Waals surface area contributed by atoms with Gasteiger partial charge in [0.1, 0.15) is 0 Å². The first kappa shape index (κ1) is 20.7. The van der Waals surface area contributed by atoms with Gasteiger partial charge in [-0.2, -0.15) is 0 Å². The van der Waals surface area contributed by atoms with Gasteiger partial charge in [-0.05, 0) is 46.0 Å². The third-order valence-corrected chi connectivity index (χ3v) is 7.11. The van der Waals surface area contributed by atoms with Crippen molar-refractivity contribution in [2.24, 2.45) is 4.99 Å². The van der Waals surface area contributed by atoms with Crippen molar-refractivity contribution in [1.29, 1.82) is 0 Å². The van der Waals surface area contributed by atoms with Crippen LogP contribution in [-0.4, -0.2) is 68.4 Å². The van der Waals surface area contributed by atoms with E-state index in [2.05, 4.69) is 53.5 Å². The third kappa shape index (κ3) is 5.20. The molecule has 146 valence electrons. The third-order valence-electron chi connectivity index (χ3n) is 4.58. The molecule has 1 aromatic carbocycles. The van der Waals surface area contributed by atoms with Crippen LogP contribution < -0.4 is 5.32 Å². The Morgan fingerprint density at radius 1 is 1.31 bits per heavy atom. The van der Waals surface area contributed by atoms with Gasteiger partial charge in [0.15, 0.2) is 15.8 Å². The molecule has 0 unspecified atom stereocenters. The van der Waals surface area contributed by atoms with E-state index >= 15 is 0 Å². The van der Waals surface area contributed by atoms with Crippen molar-refractivity contribution in [3.63, 3.8) is 0 Å². The summed E-state index contributed by atoms with van der Waals surface area (Å²) in [6, 6.07) is 8.44. The summed E-state index contributed by atoms with van der Waals surface area (Å²) >= 11 is 0. The first-order valence-corrected chi connectivity index (χ1v) is 10.8. The monoisotopic (exact) mass is 380 g/mol. The molecule has 26 heavy (non-hydrogen) atoms. The van der Waals surface area contributed by atoms with Crippen molar-refractivity contribution >= 4 is 15.8 Å². The molecule has 2 rings (SSSR count). The number of sulfone groups is 1. The standard InChI is InChI=1S/C19H32N4O2S/c1-6-20-18(23-10-11-26(24,25)19(2,3)15-23)21-13-16-8-7-9-17(12-16)14-22(4)5/h7-9,12H,6,10-11,13-15H2,1-5H3,(H,20,21). The van der Waals surface area contributed by atoms with Crippen molar-refractivity contribution in [3.05, 3.63) is 35.4 Å². The van der Waals surface area contributed by atoms with Gasteiger partial charge in [-0.25, -0.2) is 13.4 Å². The van der Waals surface area contributed by atoms with Gasteiger partial charge in [0.25, 0.3) is 0 Å². The molecule has 1 aromatic rings. The van der Waals surface area contributed by atoms with Crippen LogP contribution in [-0.2, 0) is 22.9 Å². The van der Waals surface area contributed by atoms with Crippen molar-refractivity contribution < 1.29 is 8.42 Å². The lowest BCUT2D eigenvalue weighted by molar-refractivity contribution is 0.353. The molecule has 7 heteroatoms. The van der Waals surface area contributed by atoms with Crippen LogP contribution in [0, 0.1) is 0 Å². The minimum atomic E-state index is -3.06. The Labute approximate surface area is 158 Å². The van der Waals surface area contributed by atoms with Gasteiger partial charge in [0, 0.05) is 26.2 Å². The second-order valence-electron chi connectivity index (χ2n) is 7.73. The highest BCUT2D eigenvalue weighted by Gasteiger charge is 2.40. The van der Waals surface area contributed by atoms with Gasteiger partial charge in [0.05, 0.1) is 17.0 Å². The number of benzene rings is 1. The second kappa shape index (κ2) is 8.39. The summed E-state index contributed by atoms with van der Waals surface area (Å²) < 4.78 is 23.7. The van der Waals surface area contributed by atoms with Crippen LogP contribution in [0.25, 0.3) is 0 Å². The number of rotatable bonds is 5. The van der Waals surface area contributed by atoms with E-state index in [-0.39, 0.29) is 5.75 Å². The molecule has 1 heterocycles. The van der Waals surface area contributed by atoms with E-state index in [1.807, 2.05) is 6.92 Å². The van der Waals surface area contributed by atoms with Crippen molar-refractivity contribution in [3.8, 4) is 0 Å². The Morgan fingerprint density at radius 2 is 2.00 bits per heavy atom. The number of guanidine groups is 1. The van der Waals surface area contributed by atoms with Crippen LogP contribution in [0.15, 0.2) is 29.3 Å². The lowest BCUT2D eigenvalue weighted by atomic mass is 10.1. The van der Waals surface area contributed by atoms with Gasteiger partial charge in [0.2, 0.25) is 0 Å². The molecule has 0 spiro atoms. The normalized spacial score (nSPS) is 19.6. The zero-order valence-corrected chi connectivity index (χ0v) is 17.4. The predicted molar refractivity (Wildman–Crippen MR) is 108 cm³/mol. The van der Waals surface area contributed by atoms with Crippen molar-refractivity contribution in [2.75, 3.05) is 39.5 Å². The van der Waals surface area contributed by atoms with Crippen LogP contribution in [0.2, 0.25) is 0 Å². The summed E-state index contributed by atoms with van der Waals surface area (Å²) in [4.78, 5) is 8.97. The molecule has 1 N–H and O–H groups in total. The summed E-state index contributed by atoms with van der Waals surface area (Å²) in [5.74, 6) is 0.955. The SMILES string of the molecule is CCNC(=NCc1cccc(CN(C)C)c1)N1CCS(=O)(=O)C(C)(C)C1. The van der Waals surface area contributed by atoms with Gasteiger partial charge in [-0.15, -0.1) is 0 Å². The van der Waals surface area contributed by atoms with Gasteiger partial charge < -0.3 is 15.1 Å². The van der Waals surface area contributed by atoms with E-state index in [9.17, 15) is 8.42 Å². The van der Waals surface area contributed by atoms with E-state index in [1.54, 1.807) is 13.8 Å². The summed E-state index contributed by atoms with van der Waals surface area (Å²) in [6.45, 7) is 8.79. The summed E-state index contributed by atoms with van der Waals surface area (Å²) in [5, 5.41) is 3.31. The lowest BCUT2D eigenvalue weighted by Crippen LogP contribution is -2.57. The zero-order chi connectivity index (χ0) is 19.4. The van der Waals surface area contributed by atoms with E-state index in [1.165, 1.54) is 5.56 Å². The molecular formula is C19H32N4O2S. The zero-order valence-electron chi connectivity index (χ0n) is 16.6. The number of hydrogen-bond acceptors (Lipinski definition) is 4. The molecular weight excluding hydrogens is 348 g/mol. The maximum Gasteiger partial charge on any atom is 0.194 e. The Balaban J connectivity index is 2.15. The topological polar surface area (TPSA) is 65.0 Å². The second-order valence-corrected chi connectivity index (χ2v) is 10.5. The van der Waals surface area contributed by atoms with Gasteiger partial charge >= 0.3 is 0 Å². The average molecular weight is 381 g/mol. The van der Waals surface area contributed by atoms with E-state index < -0.39 is 14.6 Å². The summed E-state index contributed by atoms with van der Waals surface area (Å²) in [6.07, 6.45) is 0. The first-order valence-electron chi connectivity index (χ1n) is 9.13. The molecule has 0 aromatic heterocycles. The molecule has 0 saturated carbocycles. The maximum absolute atomic E-state index is 12.2. The van der Waals surface area contributed by atoms with Crippen LogP contribution in [0.3, 0.4) is 0 Å². The molecule has 0 bridgehead atoms. The van der Waals surface area contributed by atoms with Gasteiger partial charge in [-0.1, -0.05) is 24.3 Å². The maximum atomic E-state index is 12.2. The highest BCUT2D eigenvalue weighted by Crippen LogP contribution is 2.23. The highest BCUT2D eigenvalue weighted by atomic mass is 32.2. The minimum absolute atomic E-state index is 0.169. The Morgan fingerprint density at radius 3 is 2.62 bits per heavy atom. The number of aliphatic imine (C=N–C) groups is 1. The van der Waals surface area contributed by atoms with E-state index in [0.717, 1.165) is 24.6 Å². The Hall–Kier alpha value is -1.60. The number of nitrogens with zero attached hydrogens (tertiary/aromatic N) is 3. The largest absolute Gasteiger partial charge is 0.357 e. The Kier molecular flexibility index (Phi) is 6.69. The number of nitrogens with one attached hydrogen (secondary N) is 1. The molecule has 1 aliphatic heterocycles. The number of hydrogen-bond donors (Lipinski definition) is 1. The van der Waals surface area contributed by atoms with Crippen molar-refractivity contribution in [1.82, 2.24) is 15.1 Å². The van der Waals surface area contributed by atoms with Crippen LogP contribution in [0.4, 0.5) is 0 Å². The molecule has 0 radical (unpaired) electrons. The average Bonchev–Trinajstić information content (AvgIpc) is 2.54. The van der Waals surface area contributed by atoms with Gasteiger partial charge in [-0.3, -0.25) is 0 Å². The molecule has 1 fully saturated rings. The van der Waals surface area contributed by atoms with Crippen LogP contribution in [0.1, 0.15) is 31.9 Å². The fourth-order valence-electron chi connectivity index (χ4n) is 3.11. The first-order chi connectivity index (χ1) is 12.1. The summed E-state index contributed by atoms with van der Waals surface area (Å²) in [5.41, 5.74) is 2.42. The molecule has 0 aliphatic carbocycles. The molecule has 0 amide bonds. The fourth-order valence-corrected chi connectivity index (χ4v) is 4.47. The summed E-state index contributed by atoms with van der Waals surface area (Å²) in [7, 11) is 1.06. The quantitative estimate of drug-likeness (QED) is 0.622. The molecule has 1 aliphatic rings. The van der Waals surface area contributed by atoms with E-state index in [4.69, 9.17) is 4.99 Å². The predicted octanol–water partition coefficient (Wildman–Crippen LogP) is 1.72. The lowest BCUT2D eigenvalue weighted by Gasteiger charge is -2.39. The molecule has 0 atom stereocenters. The smallest absolute Gasteiger partial charge is 0.194 e. The molecule has 1 saturated heterocycles. The Bertz CT molecular complexity index is 742. The fraction of sp³-hybridized carbons (Fsp3) is 0.632. The van der Waals surface area contributed by atoms with Crippen LogP contribution in [0.5, 0.6) is 0 Å². The van der Waals surface area contributed by atoms with Crippen molar-refractivity contribution in [2.45, 2.75) is 38.6 Å². The van der Waals surface area contributed by atoms with E-state index in [0.29, 0.717) is 19.6 Å². The highest BCUT2D eigenvalue weighted by molar-refractivity contribution is 7.92.